The molecule has 1 aromatic heterocycles. The predicted octanol–water partition coefficient (Wildman–Crippen LogP) is 3.73. The maximum atomic E-state index is 13.8. The van der Waals surface area contributed by atoms with Gasteiger partial charge in [-0.25, -0.2) is 22.5 Å². The minimum Gasteiger partial charge on any atom is -0.371 e. The standard InChI is InChI=1S/C13H11F4N3/c1-6-3-4-7(14)11(10(6)17)19-13-9(16)5-8(15)12(18-2)20-13/h3-5H,1-2H3,(H2,18,19,20). The monoisotopic (exact) mass is 285 g/mol. The van der Waals surface area contributed by atoms with Crippen molar-refractivity contribution in [3.63, 3.8) is 0 Å². The zero-order valence-electron chi connectivity index (χ0n) is 10.7. The van der Waals surface area contributed by atoms with Gasteiger partial charge in [0.25, 0.3) is 0 Å². The smallest absolute Gasteiger partial charge is 0.169 e. The highest BCUT2D eigenvalue weighted by Crippen LogP contribution is 2.27. The molecule has 0 radical (unpaired) electrons. The lowest BCUT2D eigenvalue weighted by molar-refractivity contribution is 0.574. The first-order valence-corrected chi connectivity index (χ1v) is 5.69. The first-order chi connectivity index (χ1) is 9.43. The molecule has 1 heterocycles. The Labute approximate surface area is 112 Å². The molecule has 0 spiro atoms. The van der Waals surface area contributed by atoms with Gasteiger partial charge in [0.05, 0.1) is 0 Å². The van der Waals surface area contributed by atoms with Crippen LogP contribution in [0.3, 0.4) is 0 Å². The number of anilines is 3. The lowest BCUT2D eigenvalue weighted by Gasteiger charge is -2.12. The van der Waals surface area contributed by atoms with Crippen molar-refractivity contribution in [2.75, 3.05) is 17.7 Å². The molecule has 0 amide bonds. The van der Waals surface area contributed by atoms with Gasteiger partial charge in [-0.1, -0.05) is 6.07 Å². The Morgan fingerprint density at radius 1 is 0.950 bits per heavy atom. The maximum Gasteiger partial charge on any atom is 0.169 e. The molecule has 0 saturated carbocycles. The second-order valence-electron chi connectivity index (χ2n) is 4.08. The van der Waals surface area contributed by atoms with Gasteiger partial charge in [-0.2, -0.15) is 0 Å². The number of aryl methyl sites for hydroxylation is 1. The van der Waals surface area contributed by atoms with Crippen LogP contribution in [0.2, 0.25) is 0 Å². The summed E-state index contributed by atoms with van der Waals surface area (Å²) in [6.07, 6.45) is 0. The highest BCUT2D eigenvalue weighted by Gasteiger charge is 2.16. The lowest BCUT2D eigenvalue weighted by atomic mass is 10.2. The summed E-state index contributed by atoms with van der Waals surface area (Å²) in [6.45, 7) is 1.44. The molecular weight excluding hydrogens is 274 g/mol. The highest BCUT2D eigenvalue weighted by atomic mass is 19.1. The number of nitrogens with one attached hydrogen (secondary N) is 2. The fourth-order valence-electron chi connectivity index (χ4n) is 1.62. The van der Waals surface area contributed by atoms with Crippen LogP contribution in [0.25, 0.3) is 0 Å². The second kappa shape index (κ2) is 5.36. The zero-order chi connectivity index (χ0) is 14.9. The Kier molecular flexibility index (Phi) is 3.78. The predicted molar refractivity (Wildman–Crippen MR) is 68.1 cm³/mol. The van der Waals surface area contributed by atoms with Crippen molar-refractivity contribution in [2.24, 2.45) is 0 Å². The summed E-state index contributed by atoms with van der Waals surface area (Å²) in [6, 6.07) is 2.87. The van der Waals surface area contributed by atoms with E-state index < -0.39 is 34.8 Å². The molecule has 3 nitrogen and oxygen atoms in total. The van der Waals surface area contributed by atoms with Gasteiger partial charge in [-0.15, -0.1) is 0 Å². The largest absolute Gasteiger partial charge is 0.371 e. The molecule has 7 heteroatoms. The maximum absolute atomic E-state index is 13.8. The van der Waals surface area contributed by atoms with Gasteiger partial charge < -0.3 is 10.6 Å². The van der Waals surface area contributed by atoms with Crippen LogP contribution in [-0.2, 0) is 0 Å². The molecular formula is C13H11F4N3. The SMILES string of the molecule is CNc1nc(Nc2c(F)ccc(C)c2F)c(F)cc1F. The molecule has 0 fully saturated rings. The van der Waals surface area contributed by atoms with Gasteiger partial charge in [0, 0.05) is 13.1 Å². The second-order valence-corrected chi connectivity index (χ2v) is 4.08. The van der Waals surface area contributed by atoms with E-state index in [1.165, 1.54) is 20.0 Å². The summed E-state index contributed by atoms with van der Waals surface area (Å²) in [5.74, 6) is -4.42. The number of halogens is 4. The van der Waals surface area contributed by atoms with Crippen LogP contribution >= 0.6 is 0 Å². The van der Waals surface area contributed by atoms with Crippen molar-refractivity contribution >= 4 is 17.3 Å². The summed E-state index contributed by atoms with van der Waals surface area (Å²) >= 11 is 0. The normalized spacial score (nSPS) is 10.5. The average Bonchev–Trinajstić information content (AvgIpc) is 2.41. The molecule has 0 aliphatic rings. The van der Waals surface area contributed by atoms with E-state index in [4.69, 9.17) is 0 Å². The first-order valence-electron chi connectivity index (χ1n) is 5.69. The Hall–Kier alpha value is -2.31. The number of hydrogen-bond donors (Lipinski definition) is 2. The summed E-state index contributed by atoms with van der Waals surface area (Å²) in [5.41, 5.74) is -0.352. The van der Waals surface area contributed by atoms with E-state index in [1.807, 2.05) is 0 Å². The number of hydrogen-bond acceptors (Lipinski definition) is 3. The first kappa shape index (κ1) is 14.1. The van der Waals surface area contributed by atoms with Crippen molar-refractivity contribution in [3.8, 4) is 0 Å². The Balaban J connectivity index is 2.48. The Morgan fingerprint density at radius 3 is 2.25 bits per heavy atom. The van der Waals surface area contributed by atoms with Crippen LogP contribution in [0, 0.1) is 30.2 Å². The Bertz CT molecular complexity index is 659. The lowest BCUT2D eigenvalue weighted by Crippen LogP contribution is -2.06. The molecule has 0 aliphatic carbocycles. The van der Waals surface area contributed by atoms with Gasteiger partial charge in [-0.3, -0.25) is 0 Å². The van der Waals surface area contributed by atoms with E-state index >= 15 is 0 Å². The van der Waals surface area contributed by atoms with Crippen molar-refractivity contribution in [2.45, 2.75) is 6.92 Å². The number of aromatic nitrogens is 1. The van der Waals surface area contributed by atoms with Crippen LogP contribution < -0.4 is 10.6 Å². The van der Waals surface area contributed by atoms with Crippen molar-refractivity contribution in [1.82, 2.24) is 4.98 Å². The van der Waals surface area contributed by atoms with E-state index in [-0.39, 0.29) is 11.4 Å². The topological polar surface area (TPSA) is 37.0 Å². The van der Waals surface area contributed by atoms with Gasteiger partial charge >= 0.3 is 0 Å². The van der Waals surface area contributed by atoms with E-state index in [0.717, 1.165) is 6.07 Å². The molecule has 2 aromatic rings. The fourth-order valence-corrected chi connectivity index (χ4v) is 1.62. The van der Waals surface area contributed by atoms with Gasteiger partial charge in [-0.05, 0) is 18.6 Å². The van der Waals surface area contributed by atoms with Crippen LogP contribution in [0.15, 0.2) is 18.2 Å². The summed E-state index contributed by atoms with van der Waals surface area (Å²) in [4.78, 5) is 3.59. The van der Waals surface area contributed by atoms with Crippen LogP contribution in [0.5, 0.6) is 0 Å². The molecule has 2 rings (SSSR count). The summed E-state index contributed by atoms with van der Waals surface area (Å²) in [7, 11) is 1.39. The molecule has 0 bridgehead atoms. The van der Waals surface area contributed by atoms with Crippen LogP contribution in [-0.4, -0.2) is 12.0 Å². The third-order valence-corrected chi connectivity index (χ3v) is 2.69. The quantitative estimate of drug-likeness (QED) is 0.844. The molecule has 0 atom stereocenters. The minimum atomic E-state index is -1.05. The highest BCUT2D eigenvalue weighted by molar-refractivity contribution is 5.61. The van der Waals surface area contributed by atoms with E-state index in [0.29, 0.717) is 6.07 Å². The number of rotatable bonds is 3. The van der Waals surface area contributed by atoms with E-state index in [1.54, 1.807) is 0 Å². The van der Waals surface area contributed by atoms with Crippen LogP contribution in [0.1, 0.15) is 5.56 Å². The molecule has 0 unspecified atom stereocenters. The number of pyridine rings is 1. The van der Waals surface area contributed by atoms with Crippen LogP contribution in [0.4, 0.5) is 34.9 Å². The minimum absolute atomic E-state index is 0.185. The summed E-state index contributed by atoms with van der Waals surface area (Å²) < 4.78 is 54.2. The van der Waals surface area contributed by atoms with Crippen molar-refractivity contribution in [1.29, 1.82) is 0 Å². The van der Waals surface area contributed by atoms with Gasteiger partial charge in [0.1, 0.15) is 11.5 Å². The molecule has 20 heavy (non-hydrogen) atoms. The molecule has 2 N–H and O–H groups in total. The summed E-state index contributed by atoms with van der Waals surface area (Å²) in [5, 5.41) is 4.62. The third-order valence-electron chi connectivity index (χ3n) is 2.69. The van der Waals surface area contributed by atoms with Gasteiger partial charge in [0.2, 0.25) is 0 Å². The van der Waals surface area contributed by atoms with E-state index in [2.05, 4.69) is 15.6 Å². The zero-order valence-corrected chi connectivity index (χ0v) is 10.7. The molecule has 0 saturated heterocycles. The average molecular weight is 285 g/mol. The molecule has 106 valence electrons. The van der Waals surface area contributed by atoms with Crippen molar-refractivity contribution in [3.05, 3.63) is 47.0 Å². The van der Waals surface area contributed by atoms with Crippen molar-refractivity contribution < 1.29 is 17.6 Å². The third kappa shape index (κ3) is 2.52. The number of benzene rings is 1. The number of nitrogens with zero attached hydrogens (tertiary/aromatic N) is 1. The molecule has 1 aromatic carbocycles. The van der Waals surface area contributed by atoms with E-state index in [9.17, 15) is 17.6 Å². The molecule has 0 aliphatic heterocycles. The fraction of sp³-hybridized carbons (Fsp3) is 0.154. The Morgan fingerprint density at radius 2 is 1.60 bits per heavy atom. The van der Waals surface area contributed by atoms with Gasteiger partial charge in [0.15, 0.2) is 29.1 Å².